The SMILES string of the molecule is O=C(Nc1ccc(OC(F)(F)F)cc1)/C(=C/c1ccccc1F)NC(=O)c1ccccc1Br. The third-order valence-electron chi connectivity index (χ3n) is 4.16. The van der Waals surface area contributed by atoms with Crippen LogP contribution in [0.3, 0.4) is 0 Å². The number of hydrogen-bond acceptors (Lipinski definition) is 3. The number of carbonyl (C=O) groups is 2. The van der Waals surface area contributed by atoms with E-state index in [1.54, 1.807) is 24.3 Å². The topological polar surface area (TPSA) is 67.4 Å². The number of hydrogen-bond donors (Lipinski definition) is 2. The lowest BCUT2D eigenvalue weighted by molar-refractivity contribution is -0.274. The van der Waals surface area contributed by atoms with Gasteiger partial charge in [-0.1, -0.05) is 30.3 Å². The second-order valence-electron chi connectivity index (χ2n) is 6.54. The first-order valence-electron chi connectivity index (χ1n) is 9.31. The van der Waals surface area contributed by atoms with Crippen LogP contribution in [0.1, 0.15) is 15.9 Å². The minimum atomic E-state index is -4.85. The van der Waals surface area contributed by atoms with Gasteiger partial charge in [0, 0.05) is 15.7 Å². The van der Waals surface area contributed by atoms with E-state index < -0.39 is 29.7 Å². The molecule has 0 aromatic heterocycles. The summed E-state index contributed by atoms with van der Waals surface area (Å²) in [7, 11) is 0. The lowest BCUT2D eigenvalue weighted by Gasteiger charge is -2.13. The van der Waals surface area contributed by atoms with E-state index in [1.165, 1.54) is 36.4 Å². The molecule has 0 saturated heterocycles. The second-order valence-corrected chi connectivity index (χ2v) is 7.39. The van der Waals surface area contributed by atoms with Crippen LogP contribution in [0.2, 0.25) is 0 Å². The zero-order valence-corrected chi connectivity index (χ0v) is 18.2. The summed E-state index contributed by atoms with van der Waals surface area (Å²) >= 11 is 3.25. The fourth-order valence-corrected chi connectivity index (χ4v) is 3.14. The quantitative estimate of drug-likeness (QED) is 0.313. The molecule has 3 rings (SSSR count). The van der Waals surface area contributed by atoms with Crippen molar-refractivity contribution in [3.05, 3.63) is 99.9 Å². The van der Waals surface area contributed by atoms with Crippen LogP contribution in [-0.2, 0) is 4.79 Å². The highest BCUT2D eigenvalue weighted by Gasteiger charge is 2.31. The Bertz CT molecular complexity index is 1190. The van der Waals surface area contributed by atoms with Crippen LogP contribution in [-0.4, -0.2) is 18.2 Å². The van der Waals surface area contributed by atoms with Gasteiger partial charge in [-0.3, -0.25) is 9.59 Å². The van der Waals surface area contributed by atoms with Crippen LogP contribution in [0.5, 0.6) is 5.75 Å². The summed E-state index contributed by atoms with van der Waals surface area (Å²) in [6.45, 7) is 0. The third kappa shape index (κ3) is 6.91. The number of anilines is 1. The van der Waals surface area contributed by atoms with Gasteiger partial charge >= 0.3 is 6.36 Å². The molecule has 0 radical (unpaired) electrons. The zero-order valence-electron chi connectivity index (χ0n) is 16.6. The summed E-state index contributed by atoms with van der Waals surface area (Å²) in [5.41, 5.74) is 0.128. The molecule has 0 spiro atoms. The van der Waals surface area contributed by atoms with E-state index in [1.807, 2.05) is 0 Å². The van der Waals surface area contributed by atoms with E-state index in [-0.39, 0.29) is 22.5 Å². The first kappa shape index (κ1) is 24.0. The van der Waals surface area contributed by atoms with Crippen molar-refractivity contribution in [2.24, 2.45) is 0 Å². The van der Waals surface area contributed by atoms with Crippen molar-refractivity contribution in [1.82, 2.24) is 5.32 Å². The fourth-order valence-electron chi connectivity index (χ4n) is 2.68. The molecule has 0 fully saturated rings. The first-order valence-corrected chi connectivity index (χ1v) is 10.1. The molecular formula is C23H15BrF4N2O3. The predicted octanol–water partition coefficient (Wildman–Crippen LogP) is 5.90. The van der Waals surface area contributed by atoms with Gasteiger partial charge in [-0.05, 0) is 64.5 Å². The summed E-state index contributed by atoms with van der Waals surface area (Å²) in [6, 6.07) is 16.5. The van der Waals surface area contributed by atoms with Gasteiger partial charge in [0.25, 0.3) is 11.8 Å². The molecule has 0 bridgehead atoms. The Morgan fingerprint density at radius 1 is 0.909 bits per heavy atom. The smallest absolute Gasteiger partial charge is 0.406 e. The van der Waals surface area contributed by atoms with E-state index in [0.29, 0.717) is 4.47 Å². The van der Waals surface area contributed by atoms with Crippen molar-refractivity contribution in [2.45, 2.75) is 6.36 Å². The molecule has 2 N–H and O–H groups in total. The van der Waals surface area contributed by atoms with Crippen LogP contribution in [0, 0.1) is 5.82 Å². The molecule has 0 aliphatic carbocycles. The molecule has 0 unspecified atom stereocenters. The molecule has 170 valence electrons. The summed E-state index contributed by atoms with van der Waals surface area (Å²) in [4.78, 5) is 25.6. The van der Waals surface area contributed by atoms with E-state index in [9.17, 15) is 27.2 Å². The van der Waals surface area contributed by atoms with Crippen molar-refractivity contribution >= 4 is 39.5 Å². The lowest BCUT2D eigenvalue weighted by atomic mass is 10.1. The van der Waals surface area contributed by atoms with Crippen molar-refractivity contribution in [2.75, 3.05) is 5.32 Å². The molecule has 2 amide bonds. The molecule has 0 atom stereocenters. The van der Waals surface area contributed by atoms with Gasteiger partial charge in [0.15, 0.2) is 0 Å². The summed E-state index contributed by atoms with van der Waals surface area (Å²) < 4.78 is 55.4. The van der Waals surface area contributed by atoms with E-state index in [4.69, 9.17) is 0 Å². The second kappa shape index (κ2) is 10.3. The van der Waals surface area contributed by atoms with Gasteiger partial charge in [0.1, 0.15) is 17.3 Å². The first-order chi connectivity index (χ1) is 15.6. The van der Waals surface area contributed by atoms with Crippen LogP contribution < -0.4 is 15.4 Å². The Morgan fingerprint density at radius 3 is 2.18 bits per heavy atom. The highest BCUT2D eigenvalue weighted by molar-refractivity contribution is 9.10. The van der Waals surface area contributed by atoms with Crippen LogP contribution in [0.4, 0.5) is 23.2 Å². The average Bonchev–Trinajstić information content (AvgIpc) is 2.75. The maximum absolute atomic E-state index is 14.1. The Kier molecular flexibility index (Phi) is 7.49. The number of amides is 2. The third-order valence-corrected chi connectivity index (χ3v) is 4.85. The summed E-state index contributed by atoms with van der Waals surface area (Å²) in [5, 5.41) is 4.90. The number of ether oxygens (including phenoxy) is 1. The highest BCUT2D eigenvalue weighted by Crippen LogP contribution is 2.24. The Balaban J connectivity index is 1.86. The molecule has 10 heteroatoms. The number of rotatable bonds is 6. The zero-order chi connectivity index (χ0) is 24.0. The molecule has 3 aromatic rings. The van der Waals surface area contributed by atoms with E-state index >= 15 is 0 Å². The summed E-state index contributed by atoms with van der Waals surface area (Å²) in [5.74, 6) is -2.53. The van der Waals surface area contributed by atoms with Gasteiger partial charge in [-0.2, -0.15) is 0 Å². The van der Waals surface area contributed by atoms with Gasteiger partial charge in [0.2, 0.25) is 0 Å². The molecule has 0 saturated carbocycles. The van der Waals surface area contributed by atoms with Crippen LogP contribution >= 0.6 is 15.9 Å². The molecule has 3 aromatic carbocycles. The fraction of sp³-hybridized carbons (Fsp3) is 0.0435. The molecule has 33 heavy (non-hydrogen) atoms. The predicted molar refractivity (Wildman–Crippen MR) is 118 cm³/mol. The summed E-state index contributed by atoms with van der Waals surface area (Å²) in [6.07, 6.45) is -3.70. The van der Waals surface area contributed by atoms with Gasteiger partial charge in [-0.25, -0.2) is 4.39 Å². The van der Waals surface area contributed by atoms with Gasteiger partial charge in [-0.15, -0.1) is 13.2 Å². The van der Waals surface area contributed by atoms with Crippen molar-refractivity contribution in [1.29, 1.82) is 0 Å². The minimum absolute atomic E-state index is 0.0454. The van der Waals surface area contributed by atoms with Crippen molar-refractivity contribution in [3.63, 3.8) is 0 Å². The Labute approximate surface area is 194 Å². The Morgan fingerprint density at radius 2 is 1.55 bits per heavy atom. The molecule has 0 heterocycles. The number of nitrogens with one attached hydrogen (secondary N) is 2. The van der Waals surface area contributed by atoms with E-state index in [0.717, 1.165) is 18.2 Å². The van der Waals surface area contributed by atoms with Crippen LogP contribution in [0.25, 0.3) is 6.08 Å². The monoisotopic (exact) mass is 522 g/mol. The van der Waals surface area contributed by atoms with Crippen molar-refractivity contribution in [3.8, 4) is 5.75 Å². The van der Waals surface area contributed by atoms with Gasteiger partial charge < -0.3 is 15.4 Å². The molecule has 0 aliphatic rings. The molecule has 5 nitrogen and oxygen atoms in total. The number of carbonyl (C=O) groups excluding carboxylic acids is 2. The normalized spacial score (nSPS) is 11.6. The highest BCUT2D eigenvalue weighted by atomic mass is 79.9. The largest absolute Gasteiger partial charge is 0.573 e. The standard InChI is InChI=1S/C23H15BrF4N2O3/c24-18-7-3-2-6-17(18)21(31)30-20(13-14-5-1-4-8-19(14)25)22(32)29-15-9-11-16(12-10-15)33-23(26,27)28/h1-13H,(H,29,32)(H,30,31)/b20-13-. The maximum Gasteiger partial charge on any atom is 0.573 e. The number of benzene rings is 3. The van der Waals surface area contributed by atoms with Crippen LogP contribution in [0.15, 0.2) is 83.0 Å². The molecule has 0 aliphatic heterocycles. The number of halogens is 5. The van der Waals surface area contributed by atoms with Gasteiger partial charge in [0.05, 0.1) is 5.56 Å². The minimum Gasteiger partial charge on any atom is -0.406 e. The average molecular weight is 523 g/mol. The maximum atomic E-state index is 14.1. The van der Waals surface area contributed by atoms with Crippen molar-refractivity contribution < 1.29 is 31.9 Å². The lowest BCUT2D eigenvalue weighted by Crippen LogP contribution is -2.31. The Hall–Kier alpha value is -3.66. The van der Waals surface area contributed by atoms with E-state index in [2.05, 4.69) is 31.3 Å². The number of alkyl halides is 3. The molecular weight excluding hydrogens is 508 g/mol.